The van der Waals surface area contributed by atoms with Crippen molar-refractivity contribution in [3.8, 4) is 23.7 Å². The number of amides is 1. The summed E-state index contributed by atoms with van der Waals surface area (Å²) in [7, 11) is 2.77. The zero-order valence-electron chi connectivity index (χ0n) is 11.2. The van der Waals surface area contributed by atoms with Gasteiger partial charge in [-0.25, -0.2) is 9.86 Å². The van der Waals surface area contributed by atoms with Gasteiger partial charge in [0.2, 0.25) is 0 Å². The molecule has 1 amide bonds. The van der Waals surface area contributed by atoms with Gasteiger partial charge in [0.25, 0.3) is 0 Å². The van der Waals surface area contributed by atoms with Gasteiger partial charge < -0.3 is 4.74 Å². The van der Waals surface area contributed by atoms with E-state index in [2.05, 4.69) is 28.5 Å². The lowest BCUT2D eigenvalue weighted by Gasteiger charge is -2.07. The monoisotopic (exact) mass is 271 g/mol. The van der Waals surface area contributed by atoms with E-state index in [0.717, 1.165) is 5.06 Å². The lowest BCUT2D eigenvalue weighted by Crippen LogP contribution is -2.23. The topological polar surface area (TPSA) is 55.8 Å². The third kappa shape index (κ3) is 5.72. The molecule has 0 saturated heterocycles. The van der Waals surface area contributed by atoms with E-state index in [1.807, 2.05) is 18.2 Å². The molecule has 0 radical (unpaired) electrons. The number of nitrogens with zero attached hydrogens (tertiary/aromatic N) is 1. The van der Waals surface area contributed by atoms with E-state index in [1.165, 1.54) is 14.2 Å². The van der Waals surface area contributed by atoms with Gasteiger partial charge >= 0.3 is 11.9 Å². The van der Waals surface area contributed by atoms with Crippen LogP contribution < -0.4 is 0 Å². The van der Waals surface area contributed by atoms with Gasteiger partial charge in [0.1, 0.15) is 0 Å². The molecule has 0 aliphatic heterocycles. The number of carbonyl (C=O) groups excluding carboxylic acids is 2. The Hall–Kier alpha value is -2.76. The number of hydrogen-bond donors (Lipinski definition) is 0. The van der Waals surface area contributed by atoms with Gasteiger partial charge in [-0.05, 0) is 12.1 Å². The quantitative estimate of drug-likeness (QED) is 0.449. The number of rotatable bonds is 2. The predicted molar refractivity (Wildman–Crippen MR) is 71.8 cm³/mol. The molecule has 0 N–H and O–H groups in total. The molecule has 1 aromatic carbocycles. The minimum Gasteiger partial charge on any atom is -0.443 e. The summed E-state index contributed by atoms with van der Waals surface area (Å²) in [5.74, 6) is 8.39. The summed E-state index contributed by atoms with van der Waals surface area (Å²) in [6.45, 7) is -0.203. The van der Waals surface area contributed by atoms with Gasteiger partial charge in [0.15, 0.2) is 6.61 Å². The normalized spacial score (nSPS) is 8.50. The van der Waals surface area contributed by atoms with Gasteiger partial charge in [0, 0.05) is 24.5 Å². The first-order valence-corrected chi connectivity index (χ1v) is 5.68. The van der Waals surface area contributed by atoms with Crippen LogP contribution in [0.2, 0.25) is 0 Å². The summed E-state index contributed by atoms with van der Waals surface area (Å²) >= 11 is 0. The van der Waals surface area contributed by atoms with Crippen molar-refractivity contribution in [1.82, 2.24) is 5.06 Å². The highest BCUT2D eigenvalue weighted by Crippen LogP contribution is 1.94. The largest absolute Gasteiger partial charge is 0.443 e. The second kappa shape index (κ2) is 8.36. The van der Waals surface area contributed by atoms with E-state index >= 15 is 0 Å². The predicted octanol–water partition coefficient (Wildman–Crippen LogP) is 0.604. The highest BCUT2D eigenvalue weighted by Gasteiger charge is 2.01. The van der Waals surface area contributed by atoms with Crippen molar-refractivity contribution in [3.63, 3.8) is 0 Å². The summed E-state index contributed by atoms with van der Waals surface area (Å²) in [6, 6.07) is 9.04. The van der Waals surface area contributed by atoms with Crippen LogP contribution in [0.1, 0.15) is 5.56 Å². The Labute approximate surface area is 117 Å². The smallest absolute Gasteiger partial charge is 0.385 e. The molecule has 0 aromatic heterocycles. The van der Waals surface area contributed by atoms with Crippen molar-refractivity contribution >= 4 is 11.9 Å². The first-order chi connectivity index (χ1) is 9.63. The zero-order chi connectivity index (χ0) is 14.8. The Morgan fingerprint density at radius 3 is 2.55 bits per heavy atom. The zero-order valence-corrected chi connectivity index (χ0v) is 11.2. The average molecular weight is 271 g/mol. The van der Waals surface area contributed by atoms with Crippen LogP contribution in [-0.2, 0) is 19.2 Å². The molecule has 0 bridgehead atoms. The molecule has 0 unspecified atom stereocenters. The van der Waals surface area contributed by atoms with Crippen molar-refractivity contribution < 1.29 is 19.2 Å². The number of hydroxylamine groups is 2. The first-order valence-electron chi connectivity index (χ1n) is 5.68. The average Bonchev–Trinajstić information content (AvgIpc) is 2.49. The minimum atomic E-state index is -0.698. The van der Waals surface area contributed by atoms with E-state index in [-0.39, 0.29) is 6.61 Å². The number of hydrogen-bond acceptors (Lipinski definition) is 4. The molecule has 0 aliphatic carbocycles. The highest BCUT2D eigenvalue weighted by molar-refractivity contribution is 5.92. The molecule has 1 rings (SSSR count). The van der Waals surface area contributed by atoms with Crippen LogP contribution in [-0.4, -0.2) is 37.7 Å². The number of esters is 1. The van der Waals surface area contributed by atoms with Crippen LogP contribution in [0.4, 0.5) is 0 Å². The summed E-state index contributed by atoms with van der Waals surface area (Å²) in [6.07, 6.45) is 0. The lowest BCUT2D eigenvalue weighted by atomic mass is 10.2. The van der Waals surface area contributed by atoms with Crippen LogP contribution in [0.15, 0.2) is 30.3 Å². The molecule has 5 nitrogen and oxygen atoms in total. The molecule has 102 valence electrons. The van der Waals surface area contributed by atoms with Crippen LogP contribution in [0, 0.1) is 23.7 Å². The van der Waals surface area contributed by atoms with Crippen LogP contribution in [0.5, 0.6) is 0 Å². The molecule has 0 spiro atoms. The van der Waals surface area contributed by atoms with Crippen molar-refractivity contribution in [2.75, 3.05) is 20.8 Å². The van der Waals surface area contributed by atoms with Crippen LogP contribution in [0.3, 0.4) is 0 Å². The highest BCUT2D eigenvalue weighted by atomic mass is 16.7. The Morgan fingerprint density at radius 2 is 1.90 bits per heavy atom. The molecular weight excluding hydrogens is 258 g/mol. The van der Waals surface area contributed by atoms with Gasteiger partial charge in [-0.2, -0.15) is 0 Å². The standard InChI is InChI=1S/C15H13NO4/c1-16(19-2)14(17)9-6-12-20-15(18)11-10-13-7-4-3-5-8-13/h3-5,7-8H,12H2,1-2H3. The van der Waals surface area contributed by atoms with Gasteiger partial charge in [-0.15, -0.1) is 0 Å². The first kappa shape index (κ1) is 15.3. The fourth-order valence-corrected chi connectivity index (χ4v) is 1.06. The fourth-order valence-electron chi connectivity index (χ4n) is 1.06. The number of benzene rings is 1. The molecule has 20 heavy (non-hydrogen) atoms. The van der Waals surface area contributed by atoms with E-state index in [0.29, 0.717) is 5.56 Å². The second-order valence-corrected chi connectivity index (χ2v) is 3.48. The molecule has 0 atom stereocenters. The molecule has 1 aromatic rings. The summed E-state index contributed by atoms with van der Waals surface area (Å²) in [4.78, 5) is 27.1. The molecule has 0 heterocycles. The Bertz CT molecular complexity index is 587. The Balaban J connectivity index is 2.40. The Morgan fingerprint density at radius 1 is 1.20 bits per heavy atom. The fraction of sp³-hybridized carbons (Fsp3) is 0.200. The van der Waals surface area contributed by atoms with Gasteiger partial charge in [-0.1, -0.05) is 30.0 Å². The van der Waals surface area contributed by atoms with E-state index in [4.69, 9.17) is 4.74 Å². The van der Waals surface area contributed by atoms with Crippen molar-refractivity contribution in [2.24, 2.45) is 0 Å². The van der Waals surface area contributed by atoms with Gasteiger partial charge in [-0.3, -0.25) is 9.63 Å². The maximum atomic E-state index is 11.3. The Kier molecular flexibility index (Phi) is 6.40. The summed E-state index contributed by atoms with van der Waals surface area (Å²) < 4.78 is 4.73. The second-order valence-electron chi connectivity index (χ2n) is 3.48. The SMILES string of the molecule is CON(C)C(=O)C#CCOC(=O)C#Cc1ccccc1. The number of ether oxygens (including phenoxy) is 1. The van der Waals surface area contributed by atoms with E-state index in [9.17, 15) is 9.59 Å². The van der Waals surface area contributed by atoms with E-state index < -0.39 is 11.9 Å². The third-order valence-electron chi connectivity index (χ3n) is 2.11. The molecule has 0 saturated carbocycles. The molecule has 0 fully saturated rings. The van der Waals surface area contributed by atoms with E-state index in [1.54, 1.807) is 12.1 Å². The van der Waals surface area contributed by atoms with Crippen molar-refractivity contribution in [1.29, 1.82) is 0 Å². The van der Waals surface area contributed by atoms with Crippen molar-refractivity contribution in [2.45, 2.75) is 0 Å². The molecular formula is C15H13NO4. The summed E-state index contributed by atoms with van der Waals surface area (Å²) in [5.41, 5.74) is 0.715. The van der Waals surface area contributed by atoms with Crippen molar-refractivity contribution in [3.05, 3.63) is 35.9 Å². The maximum Gasteiger partial charge on any atom is 0.385 e. The minimum absolute atomic E-state index is 0.203. The van der Waals surface area contributed by atoms with Crippen LogP contribution in [0.25, 0.3) is 0 Å². The molecule has 5 heteroatoms. The summed E-state index contributed by atoms with van der Waals surface area (Å²) in [5, 5.41) is 0.962. The molecule has 0 aliphatic rings. The van der Waals surface area contributed by atoms with Gasteiger partial charge in [0.05, 0.1) is 7.11 Å². The lowest BCUT2D eigenvalue weighted by molar-refractivity contribution is -0.161. The maximum absolute atomic E-state index is 11.3. The number of carbonyl (C=O) groups is 2. The van der Waals surface area contributed by atoms with Crippen LogP contribution >= 0.6 is 0 Å². The third-order valence-corrected chi connectivity index (χ3v) is 2.11.